The second-order valence-electron chi connectivity index (χ2n) is 2.56. The first-order valence-electron chi connectivity index (χ1n) is 3.78. The molecule has 0 heterocycles. The molecular weight excluding hydrogens is 122 g/mol. The van der Waals surface area contributed by atoms with Gasteiger partial charge >= 0.3 is 0 Å². The number of rotatable bonds is 3. The highest BCUT2D eigenvalue weighted by molar-refractivity contribution is 5.19. The molecule has 2 N–H and O–H groups in total. The third kappa shape index (κ3) is 4.19. The van der Waals surface area contributed by atoms with Gasteiger partial charge in [0.25, 0.3) is 0 Å². The Morgan fingerprint density at radius 2 is 2.00 bits per heavy atom. The quantitative estimate of drug-likeness (QED) is 0.597. The molecule has 0 amide bonds. The van der Waals surface area contributed by atoms with E-state index in [1.807, 2.05) is 13.8 Å². The molecule has 0 saturated heterocycles. The number of unbranched alkanes of at least 4 members (excludes halogenated alkanes) is 1. The van der Waals surface area contributed by atoms with Gasteiger partial charge in [-0.15, -0.1) is 0 Å². The molecule has 0 unspecified atom stereocenters. The van der Waals surface area contributed by atoms with Crippen LogP contribution in [0.25, 0.3) is 0 Å². The molecule has 0 saturated carbocycles. The Morgan fingerprint density at radius 1 is 1.40 bits per heavy atom. The van der Waals surface area contributed by atoms with E-state index in [1.165, 1.54) is 12.0 Å². The molecule has 0 aromatic rings. The van der Waals surface area contributed by atoms with E-state index in [0.717, 1.165) is 12.1 Å². The molecule has 0 aliphatic heterocycles. The third-order valence-corrected chi connectivity index (χ3v) is 1.45. The summed E-state index contributed by atoms with van der Waals surface area (Å²) in [5.41, 5.74) is 7.63. The topological polar surface area (TPSA) is 26.0 Å². The summed E-state index contributed by atoms with van der Waals surface area (Å²) in [5, 5.41) is 0. The predicted octanol–water partition coefficient (Wildman–Crippen LogP) is 2.60. The van der Waals surface area contributed by atoms with Crippen LogP contribution < -0.4 is 5.73 Å². The molecule has 0 aliphatic carbocycles. The van der Waals surface area contributed by atoms with Crippen LogP contribution in [0.2, 0.25) is 0 Å². The average molecular weight is 139 g/mol. The molecule has 0 bridgehead atoms. The third-order valence-electron chi connectivity index (χ3n) is 1.45. The molecule has 0 spiro atoms. The number of nitrogens with two attached hydrogens (primary N) is 1. The van der Waals surface area contributed by atoms with Gasteiger partial charge in [-0.2, -0.15) is 0 Å². The lowest BCUT2D eigenvalue weighted by Crippen LogP contribution is -1.92. The summed E-state index contributed by atoms with van der Waals surface area (Å²) in [4.78, 5) is 0. The van der Waals surface area contributed by atoms with Crippen molar-refractivity contribution in [1.29, 1.82) is 0 Å². The minimum absolute atomic E-state index is 0.910. The van der Waals surface area contributed by atoms with Gasteiger partial charge in [0.15, 0.2) is 0 Å². The minimum atomic E-state index is 0.910. The zero-order valence-corrected chi connectivity index (χ0v) is 7.15. The molecule has 1 heteroatoms. The van der Waals surface area contributed by atoms with Crippen LogP contribution in [0.3, 0.4) is 0 Å². The Balaban J connectivity index is 3.78. The van der Waals surface area contributed by atoms with E-state index in [9.17, 15) is 0 Å². The van der Waals surface area contributed by atoms with Crippen molar-refractivity contribution in [3.63, 3.8) is 0 Å². The summed E-state index contributed by atoms with van der Waals surface area (Å²) >= 11 is 0. The molecular formula is C9H17N. The van der Waals surface area contributed by atoms with Crippen molar-refractivity contribution in [1.82, 2.24) is 0 Å². The lowest BCUT2D eigenvalue weighted by atomic mass is 10.2. The van der Waals surface area contributed by atoms with Gasteiger partial charge < -0.3 is 5.73 Å². The summed E-state index contributed by atoms with van der Waals surface area (Å²) in [6, 6.07) is 0. The summed E-state index contributed by atoms with van der Waals surface area (Å²) in [7, 11) is 0. The summed E-state index contributed by atoms with van der Waals surface area (Å²) in [5.74, 6) is 0. The zero-order valence-electron chi connectivity index (χ0n) is 7.15. The van der Waals surface area contributed by atoms with Crippen LogP contribution in [0.5, 0.6) is 0 Å². The van der Waals surface area contributed by atoms with Crippen molar-refractivity contribution in [2.75, 3.05) is 0 Å². The SMILES string of the molecule is CCC/C=C\C(C)=C(\C)N. The highest BCUT2D eigenvalue weighted by atomic mass is 14.5. The van der Waals surface area contributed by atoms with Crippen LogP contribution in [0.1, 0.15) is 33.6 Å². The Labute approximate surface area is 63.6 Å². The van der Waals surface area contributed by atoms with Crippen molar-refractivity contribution in [3.8, 4) is 0 Å². The van der Waals surface area contributed by atoms with Crippen LogP contribution in [0, 0.1) is 0 Å². The van der Waals surface area contributed by atoms with Crippen LogP contribution in [0.15, 0.2) is 23.4 Å². The predicted molar refractivity (Wildman–Crippen MR) is 46.6 cm³/mol. The van der Waals surface area contributed by atoms with Gasteiger partial charge in [0.05, 0.1) is 0 Å². The Bertz CT molecular complexity index is 139. The first-order chi connectivity index (χ1) is 4.68. The summed E-state index contributed by atoms with van der Waals surface area (Å²) in [6.45, 7) is 6.12. The van der Waals surface area contributed by atoms with E-state index in [0.29, 0.717) is 0 Å². The van der Waals surface area contributed by atoms with Gasteiger partial charge in [-0.3, -0.25) is 0 Å². The van der Waals surface area contributed by atoms with Crippen molar-refractivity contribution in [2.45, 2.75) is 33.6 Å². The van der Waals surface area contributed by atoms with Crippen LogP contribution >= 0.6 is 0 Å². The van der Waals surface area contributed by atoms with Gasteiger partial charge in [0.2, 0.25) is 0 Å². The number of hydrogen-bond donors (Lipinski definition) is 1. The van der Waals surface area contributed by atoms with Crippen molar-refractivity contribution in [2.24, 2.45) is 5.73 Å². The van der Waals surface area contributed by atoms with E-state index >= 15 is 0 Å². The molecule has 0 aliphatic rings. The van der Waals surface area contributed by atoms with Gasteiger partial charge in [0, 0.05) is 5.70 Å². The maximum Gasteiger partial charge on any atom is 0.00784 e. The molecule has 0 aromatic carbocycles. The first kappa shape index (κ1) is 9.28. The fraction of sp³-hybridized carbons (Fsp3) is 0.556. The molecule has 58 valence electrons. The van der Waals surface area contributed by atoms with E-state index < -0.39 is 0 Å². The van der Waals surface area contributed by atoms with Crippen molar-refractivity contribution < 1.29 is 0 Å². The lowest BCUT2D eigenvalue weighted by Gasteiger charge is -1.94. The fourth-order valence-electron chi connectivity index (χ4n) is 0.558. The van der Waals surface area contributed by atoms with Crippen LogP contribution in [-0.2, 0) is 0 Å². The fourth-order valence-corrected chi connectivity index (χ4v) is 0.558. The van der Waals surface area contributed by atoms with Gasteiger partial charge in [0.1, 0.15) is 0 Å². The van der Waals surface area contributed by atoms with E-state index in [2.05, 4.69) is 19.1 Å². The molecule has 0 atom stereocenters. The summed E-state index contributed by atoms with van der Waals surface area (Å²) in [6.07, 6.45) is 6.59. The molecule has 0 rings (SSSR count). The smallest absolute Gasteiger partial charge is 0.00784 e. The molecule has 0 aromatic heterocycles. The standard InChI is InChI=1S/C9H17N/c1-4-5-6-7-8(2)9(3)10/h6-7H,4-5,10H2,1-3H3/b7-6-,9-8-. The van der Waals surface area contributed by atoms with Gasteiger partial charge in [-0.1, -0.05) is 25.5 Å². The maximum absolute atomic E-state index is 5.55. The highest BCUT2D eigenvalue weighted by Gasteiger charge is 1.83. The van der Waals surface area contributed by atoms with Crippen molar-refractivity contribution in [3.05, 3.63) is 23.4 Å². The average Bonchev–Trinajstić information content (AvgIpc) is 1.88. The maximum atomic E-state index is 5.55. The van der Waals surface area contributed by atoms with E-state index in [-0.39, 0.29) is 0 Å². The Kier molecular flexibility index (Phi) is 4.73. The van der Waals surface area contributed by atoms with Crippen LogP contribution in [-0.4, -0.2) is 0 Å². The second kappa shape index (κ2) is 5.10. The largest absolute Gasteiger partial charge is 0.402 e. The molecule has 1 nitrogen and oxygen atoms in total. The first-order valence-corrected chi connectivity index (χ1v) is 3.78. The van der Waals surface area contributed by atoms with E-state index in [4.69, 9.17) is 5.73 Å². The Hall–Kier alpha value is -0.720. The zero-order chi connectivity index (χ0) is 7.98. The molecule has 0 fully saturated rings. The van der Waals surface area contributed by atoms with E-state index in [1.54, 1.807) is 0 Å². The number of allylic oxidation sites excluding steroid dienone is 4. The highest BCUT2D eigenvalue weighted by Crippen LogP contribution is 2.00. The summed E-state index contributed by atoms with van der Waals surface area (Å²) < 4.78 is 0. The normalized spacial score (nSPS) is 13.9. The number of hydrogen-bond acceptors (Lipinski definition) is 1. The lowest BCUT2D eigenvalue weighted by molar-refractivity contribution is 0.957. The van der Waals surface area contributed by atoms with Gasteiger partial charge in [-0.25, -0.2) is 0 Å². The van der Waals surface area contributed by atoms with Crippen LogP contribution in [0.4, 0.5) is 0 Å². The minimum Gasteiger partial charge on any atom is -0.402 e. The monoisotopic (exact) mass is 139 g/mol. The second-order valence-corrected chi connectivity index (χ2v) is 2.56. The molecule has 0 radical (unpaired) electrons. The molecule has 10 heavy (non-hydrogen) atoms. The van der Waals surface area contributed by atoms with Gasteiger partial charge in [-0.05, 0) is 25.8 Å². The van der Waals surface area contributed by atoms with Crippen molar-refractivity contribution >= 4 is 0 Å². The Morgan fingerprint density at radius 3 is 2.40 bits per heavy atom.